The van der Waals surface area contributed by atoms with Gasteiger partial charge in [0.1, 0.15) is 6.04 Å². The summed E-state index contributed by atoms with van der Waals surface area (Å²) in [4.78, 5) is 27.3. The van der Waals surface area contributed by atoms with Gasteiger partial charge >= 0.3 is 12.0 Å². The van der Waals surface area contributed by atoms with Crippen LogP contribution in [0.1, 0.15) is 27.7 Å². The summed E-state index contributed by atoms with van der Waals surface area (Å²) in [6, 6.07) is -0.880. The van der Waals surface area contributed by atoms with E-state index in [0.717, 1.165) is 6.54 Å². The van der Waals surface area contributed by atoms with Gasteiger partial charge in [0.15, 0.2) is 0 Å². The van der Waals surface area contributed by atoms with Crippen molar-refractivity contribution in [3.05, 3.63) is 0 Å². The quantitative estimate of drug-likeness (QED) is 0.780. The van der Waals surface area contributed by atoms with Gasteiger partial charge in [-0.25, -0.2) is 9.59 Å². The Hall–Kier alpha value is -1.30. The number of rotatable bonds is 2. The molecule has 1 aliphatic heterocycles. The van der Waals surface area contributed by atoms with Crippen molar-refractivity contribution in [2.75, 3.05) is 26.7 Å². The first-order valence-electron chi connectivity index (χ1n) is 6.61. The highest BCUT2D eigenvalue weighted by Gasteiger charge is 2.34. The maximum Gasteiger partial charge on any atom is 0.326 e. The smallest absolute Gasteiger partial charge is 0.326 e. The lowest BCUT2D eigenvalue weighted by atomic mass is 9.87. The molecule has 0 bridgehead atoms. The molecule has 1 unspecified atom stereocenters. The van der Waals surface area contributed by atoms with Crippen LogP contribution in [0.15, 0.2) is 0 Å². The topological polar surface area (TPSA) is 72.9 Å². The molecule has 19 heavy (non-hydrogen) atoms. The third-order valence-corrected chi connectivity index (χ3v) is 3.63. The number of piperazine rings is 1. The van der Waals surface area contributed by atoms with Crippen molar-refractivity contribution >= 4 is 12.0 Å². The van der Waals surface area contributed by atoms with Gasteiger partial charge in [0.05, 0.1) is 0 Å². The molecule has 1 saturated heterocycles. The van der Waals surface area contributed by atoms with Crippen molar-refractivity contribution in [3.8, 4) is 0 Å². The summed E-state index contributed by atoms with van der Waals surface area (Å²) in [7, 11) is 2.02. The highest BCUT2D eigenvalue weighted by Crippen LogP contribution is 2.20. The third kappa shape index (κ3) is 4.09. The molecular formula is C13H25N3O3. The third-order valence-electron chi connectivity index (χ3n) is 3.63. The highest BCUT2D eigenvalue weighted by atomic mass is 16.4. The molecule has 0 saturated carbocycles. The molecule has 110 valence electrons. The number of amides is 2. The maximum absolute atomic E-state index is 12.1. The zero-order valence-corrected chi connectivity index (χ0v) is 12.4. The van der Waals surface area contributed by atoms with Gasteiger partial charge < -0.3 is 20.2 Å². The van der Waals surface area contributed by atoms with Gasteiger partial charge in [-0.3, -0.25) is 0 Å². The minimum Gasteiger partial charge on any atom is -0.480 e. The zero-order chi connectivity index (χ0) is 14.8. The Balaban J connectivity index is 2.66. The Bertz CT molecular complexity index is 352. The summed E-state index contributed by atoms with van der Waals surface area (Å²) in [5, 5.41) is 11.8. The van der Waals surface area contributed by atoms with Crippen LogP contribution in [-0.4, -0.2) is 65.7 Å². The van der Waals surface area contributed by atoms with Crippen LogP contribution < -0.4 is 5.32 Å². The molecule has 1 aliphatic rings. The molecule has 0 aromatic heterocycles. The molecule has 6 heteroatoms. The Kier molecular flexibility index (Phi) is 4.79. The Labute approximate surface area is 114 Å². The molecule has 2 atom stereocenters. The summed E-state index contributed by atoms with van der Waals surface area (Å²) < 4.78 is 0. The fourth-order valence-electron chi connectivity index (χ4n) is 2.10. The number of likely N-dealkylation sites (N-methyl/N-ethyl adjacent to an activating group) is 1. The van der Waals surface area contributed by atoms with Crippen molar-refractivity contribution in [3.63, 3.8) is 0 Å². The summed E-state index contributed by atoms with van der Waals surface area (Å²) >= 11 is 0. The largest absolute Gasteiger partial charge is 0.480 e. The normalized spacial score (nSPS) is 23.0. The fourth-order valence-corrected chi connectivity index (χ4v) is 2.10. The Morgan fingerprint density at radius 1 is 1.32 bits per heavy atom. The molecule has 1 fully saturated rings. The predicted molar refractivity (Wildman–Crippen MR) is 73.1 cm³/mol. The fraction of sp³-hybridized carbons (Fsp3) is 0.846. The maximum atomic E-state index is 12.1. The molecule has 2 N–H and O–H groups in total. The molecule has 0 aliphatic carbocycles. The second kappa shape index (κ2) is 5.77. The number of nitrogens with zero attached hydrogens (tertiary/aromatic N) is 2. The minimum atomic E-state index is -0.997. The van der Waals surface area contributed by atoms with E-state index in [-0.39, 0.29) is 12.1 Å². The number of aliphatic carboxylic acids is 1. The number of nitrogens with one attached hydrogen (secondary N) is 1. The molecule has 6 nitrogen and oxygen atoms in total. The van der Waals surface area contributed by atoms with E-state index >= 15 is 0 Å². The van der Waals surface area contributed by atoms with Crippen LogP contribution in [0.4, 0.5) is 4.79 Å². The van der Waals surface area contributed by atoms with E-state index in [0.29, 0.717) is 13.1 Å². The molecule has 1 rings (SSSR count). The average molecular weight is 271 g/mol. The van der Waals surface area contributed by atoms with Crippen LogP contribution in [-0.2, 0) is 4.79 Å². The van der Waals surface area contributed by atoms with Gasteiger partial charge in [-0.15, -0.1) is 0 Å². The van der Waals surface area contributed by atoms with Crippen LogP contribution in [0.25, 0.3) is 0 Å². The van der Waals surface area contributed by atoms with E-state index in [1.165, 1.54) is 0 Å². The SMILES string of the molecule is CC1CN(C(=O)N[C@@H](C(=O)O)C(C)(C)C)CCN1C. The van der Waals surface area contributed by atoms with Crippen molar-refractivity contribution in [2.24, 2.45) is 5.41 Å². The van der Waals surface area contributed by atoms with Crippen molar-refractivity contribution < 1.29 is 14.7 Å². The Morgan fingerprint density at radius 3 is 2.32 bits per heavy atom. The van der Waals surface area contributed by atoms with Gasteiger partial charge in [-0.1, -0.05) is 20.8 Å². The second-order valence-electron chi connectivity index (χ2n) is 6.36. The number of urea groups is 1. The van der Waals surface area contributed by atoms with Crippen LogP contribution in [0.2, 0.25) is 0 Å². The molecule has 0 spiro atoms. The number of carbonyl (C=O) groups excluding carboxylic acids is 1. The summed E-state index contributed by atoms with van der Waals surface area (Å²) in [6.45, 7) is 9.53. The van der Waals surface area contributed by atoms with Crippen LogP contribution in [0.3, 0.4) is 0 Å². The molecule has 0 aromatic carbocycles. The predicted octanol–water partition coefficient (Wildman–Crippen LogP) is 0.831. The van der Waals surface area contributed by atoms with Gasteiger partial charge in [-0.2, -0.15) is 0 Å². The van der Waals surface area contributed by atoms with Gasteiger partial charge in [0.25, 0.3) is 0 Å². The Morgan fingerprint density at radius 2 is 1.89 bits per heavy atom. The first-order chi connectivity index (χ1) is 8.62. The average Bonchev–Trinajstić information content (AvgIpc) is 2.27. The lowest BCUT2D eigenvalue weighted by molar-refractivity contribution is -0.142. The summed E-state index contributed by atoms with van der Waals surface area (Å²) in [6.07, 6.45) is 0. The van der Waals surface area contributed by atoms with Crippen molar-refractivity contribution in [1.82, 2.24) is 15.1 Å². The zero-order valence-electron chi connectivity index (χ0n) is 12.4. The van der Waals surface area contributed by atoms with E-state index in [2.05, 4.69) is 17.1 Å². The monoisotopic (exact) mass is 271 g/mol. The van der Waals surface area contributed by atoms with E-state index in [4.69, 9.17) is 0 Å². The van der Waals surface area contributed by atoms with Gasteiger partial charge in [-0.05, 0) is 19.4 Å². The lowest BCUT2D eigenvalue weighted by Gasteiger charge is -2.39. The summed E-state index contributed by atoms with van der Waals surface area (Å²) in [5.41, 5.74) is -0.514. The van der Waals surface area contributed by atoms with Gasteiger partial charge in [0.2, 0.25) is 0 Å². The first kappa shape index (κ1) is 15.8. The van der Waals surface area contributed by atoms with Gasteiger partial charge in [0, 0.05) is 25.7 Å². The number of carbonyl (C=O) groups is 2. The minimum absolute atomic E-state index is 0.289. The van der Waals surface area contributed by atoms with Crippen molar-refractivity contribution in [1.29, 1.82) is 0 Å². The second-order valence-corrected chi connectivity index (χ2v) is 6.36. The standard InChI is InChI=1S/C13H25N3O3/c1-9-8-16(7-6-15(9)5)12(19)14-10(11(17)18)13(2,3)4/h9-10H,6-8H2,1-5H3,(H,14,19)(H,17,18)/t9?,10-/m0/s1. The number of carboxylic acid groups (broad SMARTS) is 1. The lowest BCUT2D eigenvalue weighted by Crippen LogP contribution is -2.58. The first-order valence-corrected chi connectivity index (χ1v) is 6.61. The van der Waals surface area contributed by atoms with E-state index in [1.54, 1.807) is 25.7 Å². The molecule has 1 heterocycles. The summed E-state index contributed by atoms with van der Waals surface area (Å²) in [5.74, 6) is -0.997. The molecule has 0 aromatic rings. The molecular weight excluding hydrogens is 246 g/mol. The number of hydrogen-bond acceptors (Lipinski definition) is 3. The van der Waals surface area contributed by atoms with Crippen LogP contribution in [0, 0.1) is 5.41 Å². The highest BCUT2D eigenvalue weighted by molar-refractivity contribution is 5.83. The van der Waals surface area contributed by atoms with E-state index < -0.39 is 17.4 Å². The molecule has 2 amide bonds. The number of hydrogen-bond donors (Lipinski definition) is 2. The molecule has 0 radical (unpaired) electrons. The van der Waals surface area contributed by atoms with E-state index in [1.807, 2.05) is 7.05 Å². The van der Waals surface area contributed by atoms with Crippen LogP contribution >= 0.6 is 0 Å². The van der Waals surface area contributed by atoms with E-state index in [9.17, 15) is 14.7 Å². The number of carboxylic acids is 1. The van der Waals surface area contributed by atoms with Crippen molar-refractivity contribution in [2.45, 2.75) is 39.8 Å². The van der Waals surface area contributed by atoms with Crippen LogP contribution in [0.5, 0.6) is 0 Å².